The Kier molecular flexibility index (Phi) is 1.48. The molecule has 0 aliphatic rings. The molecule has 0 fully saturated rings. The third-order valence-corrected chi connectivity index (χ3v) is 1.31. The summed E-state index contributed by atoms with van der Waals surface area (Å²) in [5.74, 6) is -1.63. The van der Waals surface area contributed by atoms with Crippen LogP contribution in [0.5, 0.6) is 11.8 Å². The van der Waals surface area contributed by atoms with Crippen LogP contribution in [0.2, 0.25) is 0 Å². The van der Waals surface area contributed by atoms with Gasteiger partial charge in [0.25, 0.3) is 0 Å². The molecular weight excluding hydrogens is 150 g/mol. The van der Waals surface area contributed by atoms with Gasteiger partial charge in [0.05, 0.1) is 5.56 Å². The molecule has 1 heterocycles. The molecule has 0 amide bonds. The van der Waals surface area contributed by atoms with E-state index in [-0.39, 0.29) is 10.3 Å². The number of rotatable bonds is 1. The Morgan fingerprint density at radius 2 is 2.09 bits per heavy atom. The second-order valence-corrected chi connectivity index (χ2v) is 2.11. The first kappa shape index (κ1) is 7.46. The third kappa shape index (κ3) is 1.000. The van der Waals surface area contributed by atoms with Gasteiger partial charge in [-0.2, -0.15) is 0 Å². The number of carbonyl (C=O) groups excluding carboxylic acids is 1. The van der Waals surface area contributed by atoms with E-state index < -0.39 is 17.5 Å². The second-order valence-electron chi connectivity index (χ2n) is 2.11. The second kappa shape index (κ2) is 2.19. The van der Waals surface area contributed by atoms with E-state index in [0.717, 1.165) is 6.07 Å². The molecule has 0 bridgehead atoms. The number of aromatic nitrogens is 1. The van der Waals surface area contributed by atoms with Crippen molar-refractivity contribution >= 4 is 5.78 Å². The minimum Gasteiger partial charge on any atom is -0.492 e. The van der Waals surface area contributed by atoms with Gasteiger partial charge in [0, 0.05) is 6.07 Å². The summed E-state index contributed by atoms with van der Waals surface area (Å²) in [6.45, 7) is 1.22. The predicted octanol–water partition coefficient (Wildman–Crippen LogP) is 0.339. The molecule has 0 unspecified atom stereocenters. The van der Waals surface area contributed by atoms with Crippen molar-refractivity contribution in [2.45, 2.75) is 6.92 Å². The van der Waals surface area contributed by atoms with Gasteiger partial charge in [-0.3, -0.25) is 4.79 Å². The van der Waals surface area contributed by atoms with Crippen molar-refractivity contribution in [2.24, 2.45) is 0 Å². The Labute approximate surface area is 62.1 Å². The van der Waals surface area contributed by atoms with Crippen molar-refractivity contribution in [3.8, 4) is 11.8 Å². The molecule has 1 aromatic rings. The lowest BCUT2D eigenvalue weighted by Crippen LogP contribution is -1.92. The van der Waals surface area contributed by atoms with E-state index in [1.54, 1.807) is 0 Å². The van der Waals surface area contributed by atoms with Gasteiger partial charge in [0.2, 0.25) is 11.8 Å². The summed E-state index contributed by atoms with van der Waals surface area (Å²) in [6, 6.07) is 0.984. The van der Waals surface area contributed by atoms with E-state index in [0.29, 0.717) is 0 Å². The van der Waals surface area contributed by atoms with Crippen LogP contribution < -0.4 is 0 Å². The summed E-state index contributed by atoms with van der Waals surface area (Å²) in [4.78, 5) is 10.6. The molecule has 0 aromatic carbocycles. The lowest BCUT2D eigenvalue weighted by molar-refractivity contribution is 0.1000. The lowest BCUT2D eigenvalue weighted by atomic mass is 10.2. The largest absolute Gasteiger partial charge is 0.492 e. The first-order valence-corrected chi connectivity index (χ1v) is 2.88. The van der Waals surface area contributed by atoms with Crippen molar-refractivity contribution in [3.63, 3.8) is 0 Å². The molecule has 60 valence electrons. The van der Waals surface area contributed by atoms with Crippen molar-refractivity contribution in [1.29, 1.82) is 0 Å². The van der Waals surface area contributed by atoms with Crippen molar-refractivity contribution in [3.05, 3.63) is 11.6 Å². The SMILES string of the molecule is CC(=O)c1cc(O)n(O)c1O. The zero-order chi connectivity index (χ0) is 8.59. The van der Waals surface area contributed by atoms with Crippen LogP contribution in [-0.2, 0) is 0 Å². The van der Waals surface area contributed by atoms with Crippen molar-refractivity contribution in [2.75, 3.05) is 0 Å². The fourth-order valence-corrected chi connectivity index (χ4v) is 0.736. The maximum absolute atomic E-state index is 10.6. The molecule has 0 radical (unpaired) electrons. The number of carbonyl (C=O) groups is 1. The highest BCUT2D eigenvalue weighted by molar-refractivity contribution is 5.96. The van der Waals surface area contributed by atoms with E-state index in [1.165, 1.54) is 6.92 Å². The van der Waals surface area contributed by atoms with Crippen LogP contribution >= 0.6 is 0 Å². The average Bonchev–Trinajstić information content (AvgIpc) is 2.17. The average molecular weight is 157 g/mol. The Morgan fingerprint density at radius 1 is 1.55 bits per heavy atom. The van der Waals surface area contributed by atoms with Crippen LogP contribution in [0.15, 0.2) is 6.07 Å². The molecule has 0 saturated carbocycles. The van der Waals surface area contributed by atoms with Crippen LogP contribution in [-0.4, -0.2) is 25.9 Å². The van der Waals surface area contributed by atoms with Crippen molar-refractivity contribution in [1.82, 2.24) is 4.73 Å². The summed E-state index contributed by atoms with van der Waals surface area (Å²) < 4.78 is 0.136. The summed E-state index contributed by atoms with van der Waals surface area (Å²) in [7, 11) is 0. The van der Waals surface area contributed by atoms with E-state index in [2.05, 4.69) is 0 Å². The number of aromatic hydroxyl groups is 2. The molecule has 3 N–H and O–H groups in total. The molecule has 5 heteroatoms. The Bertz CT molecular complexity index is 302. The minimum absolute atomic E-state index is 0.106. The molecule has 0 aliphatic carbocycles. The number of hydrogen-bond donors (Lipinski definition) is 3. The van der Waals surface area contributed by atoms with Crippen LogP contribution in [0.3, 0.4) is 0 Å². The number of hydrogen-bond acceptors (Lipinski definition) is 4. The molecule has 0 atom stereocenters. The van der Waals surface area contributed by atoms with E-state index in [9.17, 15) is 4.79 Å². The molecule has 0 spiro atoms. The molecule has 0 saturated heterocycles. The van der Waals surface area contributed by atoms with Crippen LogP contribution in [0.25, 0.3) is 0 Å². The topological polar surface area (TPSA) is 82.7 Å². The Hall–Kier alpha value is -1.65. The van der Waals surface area contributed by atoms with E-state index >= 15 is 0 Å². The summed E-state index contributed by atoms with van der Waals surface area (Å²) in [5, 5.41) is 26.4. The fourth-order valence-electron chi connectivity index (χ4n) is 0.736. The Morgan fingerprint density at radius 3 is 2.27 bits per heavy atom. The van der Waals surface area contributed by atoms with Gasteiger partial charge < -0.3 is 15.4 Å². The quantitative estimate of drug-likeness (QED) is 0.405. The number of nitrogens with zero attached hydrogens (tertiary/aromatic N) is 1. The Balaban J connectivity index is 3.29. The van der Waals surface area contributed by atoms with Crippen molar-refractivity contribution < 1.29 is 20.2 Å². The maximum atomic E-state index is 10.6. The molecule has 11 heavy (non-hydrogen) atoms. The summed E-state index contributed by atoms with van der Waals surface area (Å²) in [6.07, 6.45) is 0. The van der Waals surface area contributed by atoms with Gasteiger partial charge in [-0.25, -0.2) is 0 Å². The highest BCUT2D eigenvalue weighted by Gasteiger charge is 2.15. The third-order valence-electron chi connectivity index (χ3n) is 1.31. The highest BCUT2D eigenvalue weighted by atomic mass is 16.5. The number of ketones is 1. The molecule has 1 rings (SSSR count). The van der Waals surface area contributed by atoms with Crippen LogP contribution in [0.1, 0.15) is 17.3 Å². The minimum atomic E-state index is -0.644. The zero-order valence-corrected chi connectivity index (χ0v) is 5.77. The monoisotopic (exact) mass is 157 g/mol. The van der Waals surface area contributed by atoms with E-state index in [1.807, 2.05) is 0 Å². The van der Waals surface area contributed by atoms with Gasteiger partial charge in [-0.15, -0.1) is 4.73 Å². The zero-order valence-electron chi connectivity index (χ0n) is 5.77. The predicted molar refractivity (Wildman–Crippen MR) is 35.0 cm³/mol. The fraction of sp³-hybridized carbons (Fsp3) is 0.167. The smallest absolute Gasteiger partial charge is 0.240 e. The van der Waals surface area contributed by atoms with Crippen LogP contribution in [0, 0.1) is 0 Å². The highest BCUT2D eigenvalue weighted by Crippen LogP contribution is 2.25. The first-order chi connectivity index (χ1) is 5.04. The van der Waals surface area contributed by atoms with Gasteiger partial charge in [-0.1, -0.05) is 0 Å². The number of Topliss-reactive ketones (excluding diaryl/α,β-unsaturated/α-hetero) is 1. The maximum Gasteiger partial charge on any atom is 0.240 e. The molecule has 1 aromatic heterocycles. The molecule has 0 aliphatic heterocycles. The van der Waals surface area contributed by atoms with Crippen LogP contribution in [0.4, 0.5) is 0 Å². The van der Waals surface area contributed by atoms with Gasteiger partial charge in [0.1, 0.15) is 0 Å². The lowest BCUT2D eigenvalue weighted by Gasteiger charge is -1.93. The van der Waals surface area contributed by atoms with Gasteiger partial charge >= 0.3 is 0 Å². The normalized spacial score (nSPS) is 9.91. The van der Waals surface area contributed by atoms with Gasteiger partial charge in [0.15, 0.2) is 5.78 Å². The molecular formula is C6H7NO4. The van der Waals surface area contributed by atoms with E-state index in [4.69, 9.17) is 15.4 Å². The summed E-state index contributed by atoms with van der Waals surface area (Å²) in [5.41, 5.74) is -0.106. The van der Waals surface area contributed by atoms with Gasteiger partial charge in [-0.05, 0) is 6.92 Å². The molecule has 5 nitrogen and oxygen atoms in total. The first-order valence-electron chi connectivity index (χ1n) is 2.88. The standard InChI is InChI=1S/C6H7NO4/c1-3(8)4-2-5(9)7(11)6(4)10/h2,9-11H,1H3. The summed E-state index contributed by atoms with van der Waals surface area (Å²) >= 11 is 0.